The number of H-pyrrole nitrogens is 2. The maximum Gasteiger partial charge on any atom is 0.213 e. The van der Waals surface area contributed by atoms with Crippen LogP contribution in [0.25, 0.3) is 21.4 Å². The highest BCUT2D eigenvalue weighted by Gasteiger charge is 2.16. The molecule has 0 radical (unpaired) electrons. The first-order chi connectivity index (χ1) is 9.78. The summed E-state index contributed by atoms with van der Waals surface area (Å²) < 4.78 is 5.60. The molecular weight excluding hydrogens is 294 g/mol. The molecule has 0 saturated heterocycles. The van der Waals surface area contributed by atoms with Crippen molar-refractivity contribution in [1.82, 2.24) is 25.1 Å². The van der Waals surface area contributed by atoms with Crippen LogP contribution in [0.5, 0.6) is 0 Å². The van der Waals surface area contributed by atoms with Gasteiger partial charge in [0.1, 0.15) is 5.01 Å². The first-order valence-electron chi connectivity index (χ1n) is 5.83. The minimum absolute atomic E-state index is 0.409. The van der Waals surface area contributed by atoms with Crippen molar-refractivity contribution in [2.75, 3.05) is 7.11 Å². The number of aromatic amines is 2. The number of methoxy groups -OCH3 is 1. The summed E-state index contributed by atoms with van der Waals surface area (Å²) in [7, 11) is 1.64. The van der Waals surface area contributed by atoms with E-state index >= 15 is 0 Å². The second kappa shape index (κ2) is 5.61. The number of pyridine rings is 1. The Morgan fingerprint density at radius 1 is 1.30 bits per heavy atom. The van der Waals surface area contributed by atoms with Gasteiger partial charge in [0.05, 0.1) is 22.9 Å². The molecule has 0 fully saturated rings. The van der Waals surface area contributed by atoms with E-state index in [1.165, 1.54) is 11.3 Å². The minimum Gasteiger partial charge on any atom is -0.378 e. The normalized spacial score (nSPS) is 10.8. The van der Waals surface area contributed by atoms with Crippen LogP contribution < -0.4 is 0 Å². The topological polar surface area (TPSA) is 79.5 Å². The predicted molar refractivity (Wildman–Crippen MR) is 78.8 cm³/mol. The molecule has 0 aliphatic heterocycles. The molecule has 6 nitrogen and oxygen atoms in total. The van der Waals surface area contributed by atoms with Crippen molar-refractivity contribution < 1.29 is 4.74 Å². The summed E-state index contributed by atoms with van der Waals surface area (Å²) in [6, 6.07) is 5.73. The van der Waals surface area contributed by atoms with Crippen LogP contribution in [-0.4, -0.2) is 32.3 Å². The molecule has 20 heavy (non-hydrogen) atoms. The molecule has 0 amide bonds. The lowest BCUT2D eigenvalue weighted by molar-refractivity contribution is 0.182. The lowest BCUT2D eigenvalue weighted by Crippen LogP contribution is -1.91. The first-order valence-corrected chi connectivity index (χ1v) is 7.05. The molecule has 0 saturated carbocycles. The van der Waals surface area contributed by atoms with Gasteiger partial charge >= 0.3 is 0 Å². The van der Waals surface area contributed by atoms with Crippen molar-refractivity contribution in [3.05, 3.63) is 34.9 Å². The van der Waals surface area contributed by atoms with Crippen molar-refractivity contribution in [3.63, 3.8) is 0 Å². The maximum absolute atomic E-state index is 5.19. The van der Waals surface area contributed by atoms with E-state index in [1.54, 1.807) is 13.3 Å². The second-order valence-electron chi connectivity index (χ2n) is 3.96. The highest BCUT2D eigenvalue weighted by molar-refractivity contribution is 7.71. The molecule has 0 bridgehead atoms. The van der Waals surface area contributed by atoms with Crippen LogP contribution in [-0.2, 0) is 11.3 Å². The van der Waals surface area contributed by atoms with Gasteiger partial charge in [-0.1, -0.05) is 6.07 Å². The molecule has 0 atom stereocenters. The smallest absolute Gasteiger partial charge is 0.213 e. The van der Waals surface area contributed by atoms with E-state index in [4.69, 9.17) is 17.0 Å². The third-order valence-corrected chi connectivity index (χ3v) is 3.90. The van der Waals surface area contributed by atoms with E-state index in [-0.39, 0.29) is 0 Å². The van der Waals surface area contributed by atoms with Crippen molar-refractivity contribution >= 4 is 23.6 Å². The van der Waals surface area contributed by atoms with Gasteiger partial charge in [-0.15, -0.1) is 11.3 Å². The lowest BCUT2D eigenvalue weighted by Gasteiger charge is -1.96. The van der Waals surface area contributed by atoms with Crippen LogP contribution in [0.15, 0.2) is 24.4 Å². The summed E-state index contributed by atoms with van der Waals surface area (Å²) in [6.07, 6.45) is 1.74. The molecule has 0 unspecified atom stereocenters. The summed E-state index contributed by atoms with van der Waals surface area (Å²) >= 11 is 6.49. The number of rotatable bonds is 4. The van der Waals surface area contributed by atoms with Gasteiger partial charge in [0.15, 0.2) is 5.82 Å². The fraction of sp³-hybridized carbons (Fsp3) is 0.167. The van der Waals surface area contributed by atoms with Crippen LogP contribution in [0.1, 0.15) is 5.69 Å². The Morgan fingerprint density at radius 2 is 2.20 bits per heavy atom. The van der Waals surface area contributed by atoms with E-state index in [0.29, 0.717) is 17.2 Å². The SMILES string of the molecule is COCc1nc(-c2ccccn2)sc1-c1nc(=S)[nH][nH]1. The zero-order valence-corrected chi connectivity index (χ0v) is 12.2. The van der Waals surface area contributed by atoms with Gasteiger partial charge in [-0.25, -0.2) is 4.98 Å². The van der Waals surface area contributed by atoms with E-state index in [2.05, 4.69) is 25.1 Å². The van der Waals surface area contributed by atoms with E-state index in [1.807, 2.05) is 18.2 Å². The number of ether oxygens (including phenoxy) is 1. The van der Waals surface area contributed by atoms with Gasteiger partial charge < -0.3 is 4.74 Å². The number of aromatic nitrogens is 5. The summed E-state index contributed by atoms with van der Waals surface area (Å²) in [5.41, 5.74) is 1.64. The van der Waals surface area contributed by atoms with Crippen molar-refractivity contribution in [3.8, 4) is 21.4 Å². The van der Waals surface area contributed by atoms with Crippen molar-refractivity contribution in [2.45, 2.75) is 6.61 Å². The molecule has 8 heteroatoms. The fourth-order valence-corrected chi connectivity index (χ4v) is 2.88. The van der Waals surface area contributed by atoms with Gasteiger partial charge in [0, 0.05) is 13.3 Å². The number of hydrogen-bond donors (Lipinski definition) is 2. The summed E-state index contributed by atoms with van der Waals surface area (Å²) in [5.74, 6) is 0.668. The molecule has 3 aromatic rings. The summed E-state index contributed by atoms with van der Waals surface area (Å²) in [4.78, 5) is 14.0. The van der Waals surface area contributed by atoms with Crippen LogP contribution in [0, 0.1) is 4.77 Å². The van der Waals surface area contributed by atoms with Crippen LogP contribution in [0.3, 0.4) is 0 Å². The molecule has 0 spiro atoms. The van der Waals surface area contributed by atoms with E-state index < -0.39 is 0 Å². The fourth-order valence-electron chi connectivity index (χ4n) is 1.75. The second-order valence-corrected chi connectivity index (χ2v) is 5.34. The molecule has 102 valence electrons. The van der Waals surface area contributed by atoms with Gasteiger partial charge in [-0.05, 0) is 24.4 Å². The monoisotopic (exact) mass is 305 g/mol. The third kappa shape index (κ3) is 2.53. The van der Waals surface area contributed by atoms with Crippen molar-refractivity contribution in [1.29, 1.82) is 0 Å². The molecule has 0 aliphatic carbocycles. The molecule has 0 aliphatic rings. The average Bonchev–Trinajstić information content (AvgIpc) is 3.07. The Hall–Kier alpha value is -1.90. The zero-order chi connectivity index (χ0) is 13.9. The Morgan fingerprint density at radius 3 is 2.85 bits per heavy atom. The predicted octanol–water partition coefficient (Wildman–Crippen LogP) is 2.80. The van der Waals surface area contributed by atoms with Gasteiger partial charge in [-0.2, -0.15) is 4.98 Å². The molecule has 3 heterocycles. The Labute approximate surface area is 123 Å². The molecule has 0 aromatic carbocycles. The van der Waals surface area contributed by atoms with Crippen LogP contribution in [0.2, 0.25) is 0 Å². The summed E-state index contributed by atoms with van der Waals surface area (Å²) in [6.45, 7) is 0.409. The molecule has 2 N–H and O–H groups in total. The van der Waals surface area contributed by atoms with Crippen LogP contribution in [0.4, 0.5) is 0 Å². The highest BCUT2D eigenvalue weighted by atomic mass is 32.1. The van der Waals surface area contributed by atoms with Gasteiger partial charge in [-0.3, -0.25) is 15.2 Å². The quantitative estimate of drug-likeness (QED) is 0.725. The number of nitrogens with zero attached hydrogens (tertiary/aromatic N) is 3. The Bertz CT molecular complexity index is 762. The minimum atomic E-state index is 0.409. The van der Waals surface area contributed by atoms with E-state index in [9.17, 15) is 0 Å². The zero-order valence-electron chi connectivity index (χ0n) is 10.6. The molecule has 3 rings (SSSR count). The molecule has 3 aromatic heterocycles. The Kier molecular flexibility index (Phi) is 3.68. The van der Waals surface area contributed by atoms with E-state index in [0.717, 1.165) is 21.3 Å². The maximum atomic E-state index is 5.19. The largest absolute Gasteiger partial charge is 0.378 e. The van der Waals surface area contributed by atoms with Crippen molar-refractivity contribution in [2.24, 2.45) is 0 Å². The highest BCUT2D eigenvalue weighted by Crippen LogP contribution is 2.33. The molecular formula is C12H11N5OS2. The van der Waals surface area contributed by atoms with Crippen LogP contribution >= 0.6 is 23.6 Å². The number of hydrogen-bond acceptors (Lipinski definition) is 6. The standard InChI is InChI=1S/C12H11N5OS2/c1-18-6-8-9(10-15-12(19)17-16-10)20-11(14-8)7-4-2-3-5-13-7/h2-5H,6H2,1H3,(H2,15,16,17,19). The number of thiazole rings is 1. The average molecular weight is 305 g/mol. The third-order valence-electron chi connectivity index (χ3n) is 2.58. The summed E-state index contributed by atoms with van der Waals surface area (Å²) in [5, 5.41) is 6.55. The lowest BCUT2D eigenvalue weighted by atomic mass is 10.3. The number of nitrogens with one attached hydrogen (secondary N) is 2. The van der Waals surface area contributed by atoms with Gasteiger partial charge in [0.2, 0.25) is 4.77 Å². The first kappa shape index (κ1) is 13.1. The van der Waals surface area contributed by atoms with Gasteiger partial charge in [0.25, 0.3) is 0 Å². The Balaban J connectivity index is 2.09.